The molecule has 30 heavy (non-hydrogen) atoms. The van der Waals surface area contributed by atoms with Gasteiger partial charge in [-0.3, -0.25) is 9.69 Å². The number of thiazole rings is 1. The molecule has 2 saturated heterocycles. The lowest BCUT2D eigenvalue weighted by molar-refractivity contribution is -0.126. The summed E-state index contributed by atoms with van der Waals surface area (Å²) in [4.78, 5) is 34.1. The number of hydrogen-bond donors (Lipinski definition) is 2. The van der Waals surface area contributed by atoms with Crippen molar-refractivity contribution < 1.29 is 9.59 Å². The Morgan fingerprint density at radius 3 is 2.67 bits per heavy atom. The van der Waals surface area contributed by atoms with Crippen LogP contribution in [0.1, 0.15) is 36.1 Å². The Hall–Kier alpha value is -2.61. The highest BCUT2D eigenvalue weighted by Crippen LogP contribution is 2.49. The summed E-state index contributed by atoms with van der Waals surface area (Å²) >= 11 is 1.67. The molecule has 3 heterocycles. The highest BCUT2D eigenvalue weighted by Gasteiger charge is 2.55. The second kappa shape index (κ2) is 6.97. The van der Waals surface area contributed by atoms with E-state index >= 15 is 0 Å². The SMILES string of the molecule is Cc1cnc(NCC2(c3ccc(N4C[C@@]5(C(N)=O)[CH]CCCN5C4=O)cc3)CC2)s1. The van der Waals surface area contributed by atoms with Crippen molar-refractivity contribution >= 4 is 34.1 Å². The van der Waals surface area contributed by atoms with Gasteiger partial charge >= 0.3 is 6.03 Å². The first kappa shape index (κ1) is 19.4. The van der Waals surface area contributed by atoms with Gasteiger partial charge in [0.15, 0.2) is 5.13 Å². The summed E-state index contributed by atoms with van der Waals surface area (Å²) in [5, 5.41) is 4.44. The third-order valence-electron chi connectivity index (χ3n) is 6.68. The number of primary amides is 1. The summed E-state index contributed by atoms with van der Waals surface area (Å²) in [6.07, 6.45) is 7.74. The van der Waals surface area contributed by atoms with Crippen molar-refractivity contribution in [1.82, 2.24) is 9.88 Å². The molecule has 1 aromatic heterocycles. The molecule has 5 rings (SSSR count). The van der Waals surface area contributed by atoms with Gasteiger partial charge < -0.3 is 16.0 Å². The number of aryl methyl sites for hydroxylation is 1. The first-order valence-electron chi connectivity index (χ1n) is 10.4. The number of rotatable bonds is 6. The van der Waals surface area contributed by atoms with Crippen LogP contribution in [-0.2, 0) is 10.2 Å². The third kappa shape index (κ3) is 3.05. The second-order valence-electron chi connectivity index (χ2n) is 8.61. The smallest absolute Gasteiger partial charge is 0.325 e. The molecule has 3 fully saturated rings. The van der Waals surface area contributed by atoms with Gasteiger partial charge in [0.1, 0.15) is 5.54 Å². The van der Waals surface area contributed by atoms with Gasteiger partial charge in [0.25, 0.3) is 0 Å². The lowest BCUT2D eigenvalue weighted by Gasteiger charge is -2.37. The molecule has 0 bridgehead atoms. The van der Waals surface area contributed by atoms with Crippen LogP contribution < -0.4 is 16.0 Å². The van der Waals surface area contributed by atoms with E-state index in [0.717, 1.165) is 43.0 Å². The molecule has 1 atom stereocenters. The highest BCUT2D eigenvalue weighted by atomic mass is 32.1. The Morgan fingerprint density at radius 1 is 1.30 bits per heavy atom. The van der Waals surface area contributed by atoms with E-state index in [0.29, 0.717) is 6.54 Å². The Morgan fingerprint density at radius 2 is 2.07 bits per heavy atom. The molecule has 1 saturated carbocycles. The Labute approximate surface area is 180 Å². The molecular formula is C22H26N5O2S. The van der Waals surface area contributed by atoms with E-state index in [-0.39, 0.29) is 18.0 Å². The molecule has 2 aromatic rings. The molecule has 1 radical (unpaired) electrons. The zero-order valence-corrected chi connectivity index (χ0v) is 17.9. The van der Waals surface area contributed by atoms with Gasteiger partial charge in [0, 0.05) is 35.3 Å². The summed E-state index contributed by atoms with van der Waals surface area (Å²) in [5.41, 5.74) is 6.95. The van der Waals surface area contributed by atoms with Crippen LogP contribution in [0.5, 0.6) is 0 Å². The first-order chi connectivity index (χ1) is 14.4. The fourth-order valence-electron chi connectivity index (χ4n) is 4.68. The Kier molecular flexibility index (Phi) is 4.50. The Bertz CT molecular complexity index is 984. The van der Waals surface area contributed by atoms with Crippen molar-refractivity contribution in [3.05, 3.63) is 47.3 Å². The first-order valence-corrected chi connectivity index (χ1v) is 11.3. The summed E-state index contributed by atoms with van der Waals surface area (Å²) < 4.78 is 0. The van der Waals surface area contributed by atoms with Gasteiger partial charge in [0.2, 0.25) is 5.91 Å². The summed E-state index contributed by atoms with van der Waals surface area (Å²) in [7, 11) is 0. The molecule has 8 heteroatoms. The van der Waals surface area contributed by atoms with Gasteiger partial charge in [-0.15, -0.1) is 11.3 Å². The predicted octanol–water partition coefficient (Wildman–Crippen LogP) is 3.06. The van der Waals surface area contributed by atoms with Crippen molar-refractivity contribution in [2.24, 2.45) is 5.73 Å². The van der Waals surface area contributed by atoms with Crippen LogP contribution in [0, 0.1) is 13.3 Å². The normalized spacial score (nSPS) is 24.6. The number of nitrogens with two attached hydrogens (primary N) is 1. The lowest BCUT2D eigenvalue weighted by Crippen LogP contribution is -2.59. The number of fused-ring (bicyclic) bond motifs is 1. The largest absolute Gasteiger partial charge is 0.368 e. The van der Waals surface area contributed by atoms with E-state index in [1.165, 1.54) is 10.4 Å². The number of amides is 3. The number of hydrogen-bond acceptors (Lipinski definition) is 5. The predicted molar refractivity (Wildman–Crippen MR) is 118 cm³/mol. The molecule has 0 spiro atoms. The lowest BCUT2D eigenvalue weighted by atomic mass is 9.87. The molecule has 1 aliphatic carbocycles. The van der Waals surface area contributed by atoms with Crippen LogP contribution in [0.3, 0.4) is 0 Å². The molecule has 157 valence electrons. The number of benzene rings is 1. The molecule has 1 aromatic carbocycles. The molecule has 0 unspecified atom stereocenters. The maximum absolute atomic E-state index is 13.0. The maximum Gasteiger partial charge on any atom is 0.325 e. The number of aromatic nitrogens is 1. The van der Waals surface area contributed by atoms with Crippen molar-refractivity contribution in [2.75, 3.05) is 29.9 Å². The van der Waals surface area contributed by atoms with Crippen molar-refractivity contribution in [3.63, 3.8) is 0 Å². The van der Waals surface area contributed by atoms with Gasteiger partial charge in [-0.25, -0.2) is 9.78 Å². The fraction of sp³-hybridized carbons (Fsp3) is 0.455. The molecular weight excluding hydrogens is 398 g/mol. The van der Waals surface area contributed by atoms with Crippen LogP contribution in [0.4, 0.5) is 15.6 Å². The summed E-state index contributed by atoms with van der Waals surface area (Å²) in [6.45, 7) is 3.77. The monoisotopic (exact) mass is 424 g/mol. The molecule has 2 aliphatic heterocycles. The number of anilines is 2. The van der Waals surface area contributed by atoms with Crippen molar-refractivity contribution in [1.29, 1.82) is 0 Å². The average Bonchev–Trinajstić information content (AvgIpc) is 3.33. The minimum atomic E-state index is -0.985. The van der Waals surface area contributed by atoms with E-state index in [2.05, 4.69) is 29.4 Å². The number of carbonyl (C=O) groups is 2. The molecule has 3 aliphatic rings. The standard InChI is InChI=1S/C22H26N5O2S/c1-15-12-24-19(30-15)25-13-21(9-10-21)16-4-6-17(7-5-16)26-14-22(18(23)28)8-2-3-11-27(22)20(26)29/h4-8,12H,2-3,9-11,13-14H2,1H3,(H2,23,28)(H,24,25)/t22-/m1/s1. The third-order valence-corrected chi connectivity index (χ3v) is 7.55. The molecule has 7 nitrogen and oxygen atoms in total. The summed E-state index contributed by atoms with van der Waals surface area (Å²) in [6, 6.07) is 8.08. The molecule has 3 amide bonds. The van der Waals surface area contributed by atoms with Crippen LogP contribution >= 0.6 is 11.3 Å². The van der Waals surface area contributed by atoms with Crippen LogP contribution in [0.2, 0.25) is 0 Å². The number of nitrogens with zero attached hydrogens (tertiary/aromatic N) is 3. The second-order valence-corrected chi connectivity index (χ2v) is 9.85. The minimum Gasteiger partial charge on any atom is -0.368 e. The van der Waals surface area contributed by atoms with Crippen molar-refractivity contribution in [3.8, 4) is 0 Å². The Balaban J connectivity index is 1.33. The van der Waals surface area contributed by atoms with E-state index < -0.39 is 11.4 Å². The number of urea groups is 1. The zero-order valence-electron chi connectivity index (χ0n) is 17.1. The van der Waals surface area contributed by atoms with E-state index in [9.17, 15) is 9.59 Å². The number of nitrogens with one attached hydrogen (secondary N) is 1. The number of piperidine rings is 1. The zero-order chi connectivity index (χ0) is 20.9. The van der Waals surface area contributed by atoms with E-state index in [1.807, 2.05) is 24.8 Å². The number of carbonyl (C=O) groups excluding carboxylic acids is 2. The maximum atomic E-state index is 13.0. The summed E-state index contributed by atoms with van der Waals surface area (Å²) in [5.74, 6) is -0.449. The van der Waals surface area contributed by atoms with Gasteiger partial charge in [-0.1, -0.05) is 12.1 Å². The van der Waals surface area contributed by atoms with Crippen LogP contribution in [-0.4, -0.2) is 47.0 Å². The van der Waals surface area contributed by atoms with E-state index in [4.69, 9.17) is 5.73 Å². The minimum absolute atomic E-state index is 0.132. The van der Waals surface area contributed by atoms with E-state index in [1.54, 1.807) is 21.1 Å². The van der Waals surface area contributed by atoms with Crippen LogP contribution in [0.25, 0.3) is 0 Å². The average molecular weight is 425 g/mol. The van der Waals surface area contributed by atoms with Gasteiger partial charge in [0.05, 0.1) is 6.54 Å². The van der Waals surface area contributed by atoms with Crippen LogP contribution in [0.15, 0.2) is 30.5 Å². The van der Waals surface area contributed by atoms with Gasteiger partial charge in [-0.05, 0) is 56.7 Å². The van der Waals surface area contributed by atoms with Crippen molar-refractivity contribution in [2.45, 2.75) is 43.6 Å². The topological polar surface area (TPSA) is 91.6 Å². The fourth-order valence-corrected chi connectivity index (χ4v) is 5.34. The van der Waals surface area contributed by atoms with Gasteiger partial charge in [-0.2, -0.15) is 0 Å². The molecule has 3 N–H and O–H groups in total. The quantitative estimate of drug-likeness (QED) is 0.746. The highest BCUT2D eigenvalue weighted by molar-refractivity contribution is 7.15.